The largest absolute Gasteiger partial charge is 0.356 e. The molecule has 1 aliphatic carbocycles. The van der Waals surface area contributed by atoms with E-state index in [4.69, 9.17) is 0 Å². The average Bonchev–Trinajstić information content (AvgIpc) is 3.26. The van der Waals surface area contributed by atoms with Crippen LogP contribution in [0.5, 0.6) is 0 Å². The highest BCUT2D eigenvalue weighted by molar-refractivity contribution is 5.79. The second-order valence-electron chi connectivity index (χ2n) is 5.47. The number of hydrogen-bond donors (Lipinski definition) is 2. The van der Waals surface area contributed by atoms with E-state index >= 15 is 0 Å². The zero-order valence-corrected chi connectivity index (χ0v) is 12.4. The Morgan fingerprint density at radius 1 is 1.33 bits per heavy atom. The van der Waals surface area contributed by atoms with Gasteiger partial charge in [0.2, 0.25) is 0 Å². The van der Waals surface area contributed by atoms with E-state index < -0.39 is 0 Å². The van der Waals surface area contributed by atoms with Gasteiger partial charge in [-0.3, -0.25) is 9.39 Å². The van der Waals surface area contributed by atoms with Crippen molar-refractivity contribution in [2.24, 2.45) is 10.9 Å². The Labute approximate surface area is 124 Å². The fourth-order valence-electron chi connectivity index (χ4n) is 2.30. The minimum atomic E-state index is 0.853. The smallest absolute Gasteiger partial charge is 0.190 e. The highest BCUT2D eigenvalue weighted by atomic mass is 15.2. The second-order valence-corrected chi connectivity index (χ2v) is 5.47. The molecule has 0 spiro atoms. The molecule has 3 rings (SSSR count). The third-order valence-electron chi connectivity index (χ3n) is 3.73. The number of rotatable bonds is 6. The van der Waals surface area contributed by atoms with Crippen LogP contribution in [0.1, 0.15) is 25.1 Å². The molecule has 112 valence electrons. The van der Waals surface area contributed by atoms with Gasteiger partial charge in [0.25, 0.3) is 0 Å². The molecule has 0 bridgehead atoms. The summed E-state index contributed by atoms with van der Waals surface area (Å²) in [7, 11) is 1.81. The number of pyridine rings is 1. The second kappa shape index (κ2) is 6.56. The number of nitrogens with zero attached hydrogens (tertiary/aromatic N) is 4. The van der Waals surface area contributed by atoms with E-state index in [2.05, 4.69) is 25.8 Å². The highest BCUT2D eigenvalue weighted by Crippen LogP contribution is 2.27. The van der Waals surface area contributed by atoms with Crippen LogP contribution in [0.25, 0.3) is 5.65 Å². The fraction of sp³-hybridized carbons (Fsp3) is 0.533. The van der Waals surface area contributed by atoms with E-state index in [9.17, 15) is 0 Å². The number of nitrogens with one attached hydrogen (secondary N) is 2. The first-order valence-electron chi connectivity index (χ1n) is 7.60. The quantitative estimate of drug-likeness (QED) is 0.476. The average molecular weight is 286 g/mol. The predicted molar refractivity (Wildman–Crippen MR) is 83.4 cm³/mol. The first-order valence-corrected chi connectivity index (χ1v) is 7.60. The van der Waals surface area contributed by atoms with Crippen molar-refractivity contribution in [3.05, 3.63) is 30.2 Å². The predicted octanol–water partition coefficient (Wildman–Crippen LogP) is 1.24. The highest BCUT2D eigenvalue weighted by Gasteiger charge is 2.20. The Bertz CT molecular complexity index is 613. The van der Waals surface area contributed by atoms with Gasteiger partial charge in [-0.25, -0.2) is 0 Å². The van der Waals surface area contributed by atoms with Crippen molar-refractivity contribution in [3.8, 4) is 0 Å². The Morgan fingerprint density at radius 2 is 2.24 bits per heavy atom. The third-order valence-corrected chi connectivity index (χ3v) is 3.73. The van der Waals surface area contributed by atoms with Crippen molar-refractivity contribution in [2.45, 2.75) is 25.7 Å². The Hall–Kier alpha value is -2.11. The fourth-order valence-corrected chi connectivity index (χ4v) is 2.30. The van der Waals surface area contributed by atoms with Gasteiger partial charge in [-0.2, -0.15) is 0 Å². The van der Waals surface area contributed by atoms with Crippen LogP contribution in [0.2, 0.25) is 0 Å². The van der Waals surface area contributed by atoms with Crippen molar-refractivity contribution in [1.29, 1.82) is 0 Å². The van der Waals surface area contributed by atoms with Crippen LogP contribution in [0, 0.1) is 5.92 Å². The van der Waals surface area contributed by atoms with E-state index in [1.54, 1.807) is 0 Å². The van der Waals surface area contributed by atoms with Gasteiger partial charge in [0.15, 0.2) is 11.6 Å². The number of fused-ring (bicyclic) bond motifs is 1. The van der Waals surface area contributed by atoms with E-state index in [0.29, 0.717) is 0 Å². The standard InChI is InChI=1S/C15H22N6/c1-16-15(18-11-12-7-8-12)17-9-4-6-14-20-19-13-5-2-3-10-21(13)14/h2-3,5,10,12H,4,6-9,11H2,1H3,(H2,16,17,18). The minimum Gasteiger partial charge on any atom is -0.356 e. The van der Waals surface area contributed by atoms with Gasteiger partial charge in [-0.15, -0.1) is 10.2 Å². The van der Waals surface area contributed by atoms with Crippen molar-refractivity contribution in [2.75, 3.05) is 20.1 Å². The Morgan fingerprint density at radius 3 is 3.05 bits per heavy atom. The van der Waals surface area contributed by atoms with Crippen LogP contribution in [0.4, 0.5) is 0 Å². The maximum absolute atomic E-state index is 4.24. The van der Waals surface area contributed by atoms with Gasteiger partial charge >= 0.3 is 0 Å². The summed E-state index contributed by atoms with van der Waals surface area (Å²) in [5.41, 5.74) is 0.905. The molecule has 2 N–H and O–H groups in total. The molecule has 0 radical (unpaired) electrons. The summed E-state index contributed by atoms with van der Waals surface area (Å²) in [6, 6.07) is 5.95. The molecular formula is C15H22N6. The van der Waals surface area contributed by atoms with Crippen molar-refractivity contribution in [3.63, 3.8) is 0 Å². The van der Waals surface area contributed by atoms with Crippen molar-refractivity contribution < 1.29 is 0 Å². The van der Waals surface area contributed by atoms with Crippen LogP contribution in [-0.4, -0.2) is 40.7 Å². The molecule has 6 nitrogen and oxygen atoms in total. The summed E-state index contributed by atoms with van der Waals surface area (Å²) < 4.78 is 2.04. The van der Waals surface area contributed by atoms with Crippen LogP contribution >= 0.6 is 0 Å². The summed E-state index contributed by atoms with van der Waals surface area (Å²) in [6.45, 7) is 1.92. The number of hydrogen-bond acceptors (Lipinski definition) is 3. The molecule has 0 aliphatic heterocycles. The van der Waals surface area contributed by atoms with Gasteiger partial charge in [0.05, 0.1) is 0 Å². The maximum atomic E-state index is 4.24. The number of aryl methyl sites for hydroxylation is 1. The normalized spacial score (nSPS) is 15.4. The van der Waals surface area contributed by atoms with Crippen LogP contribution in [0.15, 0.2) is 29.4 Å². The molecule has 21 heavy (non-hydrogen) atoms. The summed E-state index contributed by atoms with van der Waals surface area (Å²) >= 11 is 0. The van der Waals surface area contributed by atoms with Gasteiger partial charge in [-0.05, 0) is 37.3 Å². The molecule has 2 heterocycles. The maximum Gasteiger partial charge on any atom is 0.190 e. The van der Waals surface area contributed by atoms with Gasteiger partial charge in [0.1, 0.15) is 5.82 Å². The molecule has 2 aromatic heterocycles. The number of aromatic nitrogens is 3. The lowest BCUT2D eigenvalue weighted by Gasteiger charge is -2.11. The zero-order chi connectivity index (χ0) is 14.5. The number of guanidine groups is 1. The lowest BCUT2D eigenvalue weighted by Crippen LogP contribution is -2.38. The molecule has 0 atom stereocenters. The van der Waals surface area contributed by atoms with Gasteiger partial charge in [0, 0.05) is 32.8 Å². The molecule has 1 aliphatic rings. The van der Waals surface area contributed by atoms with Crippen molar-refractivity contribution in [1.82, 2.24) is 25.2 Å². The lowest BCUT2D eigenvalue weighted by atomic mass is 10.3. The molecule has 6 heteroatoms. The monoisotopic (exact) mass is 286 g/mol. The van der Waals surface area contributed by atoms with Gasteiger partial charge in [-0.1, -0.05) is 6.07 Å². The minimum absolute atomic E-state index is 0.853. The summed E-state index contributed by atoms with van der Waals surface area (Å²) in [4.78, 5) is 4.23. The molecular weight excluding hydrogens is 264 g/mol. The molecule has 0 aromatic carbocycles. The third kappa shape index (κ3) is 3.71. The Balaban J connectivity index is 1.42. The van der Waals surface area contributed by atoms with Crippen LogP contribution < -0.4 is 10.6 Å². The van der Waals surface area contributed by atoms with Crippen LogP contribution in [-0.2, 0) is 6.42 Å². The number of aliphatic imine (C=N–C) groups is 1. The lowest BCUT2D eigenvalue weighted by molar-refractivity contribution is 0.699. The van der Waals surface area contributed by atoms with E-state index in [-0.39, 0.29) is 0 Å². The van der Waals surface area contributed by atoms with Crippen molar-refractivity contribution >= 4 is 11.6 Å². The molecule has 0 unspecified atom stereocenters. The first-order chi connectivity index (χ1) is 10.4. The molecule has 0 saturated heterocycles. The van der Waals surface area contributed by atoms with Crippen LogP contribution in [0.3, 0.4) is 0 Å². The Kier molecular flexibility index (Phi) is 4.33. The van der Waals surface area contributed by atoms with E-state index in [0.717, 1.165) is 49.3 Å². The zero-order valence-electron chi connectivity index (χ0n) is 12.4. The van der Waals surface area contributed by atoms with E-state index in [1.165, 1.54) is 12.8 Å². The summed E-state index contributed by atoms with van der Waals surface area (Å²) in [5, 5.41) is 15.1. The van der Waals surface area contributed by atoms with Gasteiger partial charge < -0.3 is 10.6 Å². The summed E-state index contributed by atoms with van der Waals surface area (Å²) in [5.74, 6) is 2.76. The summed E-state index contributed by atoms with van der Waals surface area (Å²) in [6.07, 6.45) is 6.61. The first kappa shape index (κ1) is 13.9. The van der Waals surface area contributed by atoms with E-state index in [1.807, 2.05) is 35.8 Å². The molecule has 2 aromatic rings. The molecule has 1 fully saturated rings. The SMILES string of the molecule is CN=C(NCCCc1nnc2ccccn12)NCC1CC1. The topological polar surface area (TPSA) is 66.6 Å². The molecule has 1 saturated carbocycles. The molecule has 0 amide bonds.